The SMILES string of the molecule is CCOC1CCN(CC(O)c2ccc(Cl)cc2Cl)CC1. The molecule has 3 nitrogen and oxygen atoms in total. The Morgan fingerprint density at radius 3 is 2.65 bits per heavy atom. The maximum atomic E-state index is 10.3. The van der Waals surface area contributed by atoms with Crippen molar-refractivity contribution in [1.82, 2.24) is 4.90 Å². The molecule has 0 amide bonds. The fourth-order valence-corrected chi connectivity index (χ4v) is 3.14. The molecule has 0 spiro atoms. The van der Waals surface area contributed by atoms with Crippen LogP contribution in [0.1, 0.15) is 31.4 Å². The highest BCUT2D eigenvalue weighted by atomic mass is 35.5. The second-order valence-electron chi connectivity index (χ2n) is 5.14. The number of ether oxygens (including phenoxy) is 1. The first kappa shape index (κ1) is 16.1. The molecule has 2 rings (SSSR count). The standard InChI is InChI=1S/C15H21Cl2NO2/c1-2-20-12-5-7-18(8-6-12)10-15(19)13-4-3-11(16)9-14(13)17/h3-4,9,12,15,19H,2,5-8,10H2,1H3. The Morgan fingerprint density at radius 2 is 2.05 bits per heavy atom. The van der Waals surface area contributed by atoms with Crippen molar-refractivity contribution in [2.45, 2.75) is 32.0 Å². The van der Waals surface area contributed by atoms with E-state index in [0.717, 1.165) is 38.1 Å². The van der Waals surface area contributed by atoms with Gasteiger partial charge in [-0.2, -0.15) is 0 Å². The van der Waals surface area contributed by atoms with Crippen LogP contribution in [0.3, 0.4) is 0 Å². The molecule has 1 aromatic carbocycles. The number of β-amino-alcohol motifs (C(OH)–C–C–N with tert-alkyl or cyclic N) is 1. The van der Waals surface area contributed by atoms with Crippen molar-refractivity contribution in [3.05, 3.63) is 33.8 Å². The van der Waals surface area contributed by atoms with E-state index in [4.69, 9.17) is 27.9 Å². The van der Waals surface area contributed by atoms with Gasteiger partial charge in [0.15, 0.2) is 0 Å². The normalized spacial score (nSPS) is 19.2. The van der Waals surface area contributed by atoms with Gasteiger partial charge in [0, 0.05) is 41.8 Å². The minimum Gasteiger partial charge on any atom is -0.387 e. The van der Waals surface area contributed by atoms with Gasteiger partial charge in [-0.25, -0.2) is 0 Å². The van der Waals surface area contributed by atoms with Crippen molar-refractivity contribution in [2.75, 3.05) is 26.2 Å². The lowest BCUT2D eigenvalue weighted by Crippen LogP contribution is -2.39. The number of likely N-dealkylation sites (tertiary alicyclic amines) is 1. The molecule has 0 radical (unpaired) electrons. The molecular weight excluding hydrogens is 297 g/mol. The van der Waals surface area contributed by atoms with Crippen molar-refractivity contribution in [1.29, 1.82) is 0 Å². The molecule has 0 bridgehead atoms. The fourth-order valence-electron chi connectivity index (χ4n) is 2.61. The molecule has 0 saturated carbocycles. The van der Waals surface area contributed by atoms with E-state index in [2.05, 4.69) is 4.90 Å². The lowest BCUT2D eigenvalue weighted by Gasteiger charge is -2.33. The van der Waals surface area contributed by atoms with E-state index in [0.29, 0.717) is 22.7 Å². The minimum absolute atomic E-state index is 0.368. The number of aliphatic hydroxyl groups excluding tert-OH is 1. The van der Waals surface area contributed by atoms with Crippen molar-refractivity contribution in [3.8, 4) is 0 Å². The predicted molar refractivity (Wildman–Crippen MR) is 82.5 cm³/mol. The highest BCUT2D eigenvalue weighted by molar-refractivity contribution is 6.35. The molecule has 1 unspecified atom stereocenters. The molecule has 0 aliphatic carbocycles. The summed E-state index contributed by atoms with van der Waals surface area (Å²) < 4.78 is 5.63. The quantitative estimate of drug-likeness (QED) is 0.901. The van der Waals surface area contributed by atoms with E-state index in [1.165, 1.54) is 0 Å². The summed E-state index contributed by atoms with van der Waals surface area (Å²) in [6.07, 6.45) is 1.83. The summed E-state index contributed by atoms with van der Waals surface area (Å²) in [5, 5.41) is 11.4. The molecule has 5 heteroatoms. The Labute approximate surface area is 130 Å². The van der Waals surface area contributed by atoms with E-state index in [1.807, 2.05) is 6.92 Å². The summed E-state index contributed by atoms with van der Waals surface area (Å²) >= 11 is 12.0. The maximum Gasteiger partial charge on any atom is 0.0931 e. The summed E-state index contributed by atoms with van der Waals surface area (Å²) in [6.45, 7) is 5.30. The van der Waals surface area contributed by atoms with Crippen LogP contribution >= 0.6 is 23.2 Å². The van der Waals surface area contributed by atoms with Gasteiger partial charge in [0.1, 0.15) is 0 Å². The number of rotatable bonds is 5. The summed E-state index contributed by atoms with van der Waals surface area (Å²) in [5.74, 6) is 0. The summed E-state index contributed by atoms with van der Waals surface area (Å²) in [6, 6.07) is 5.22. The third kappa shape index (κ3) is 4.34. The van der Waals surface area contributed by atoms with Gasteiger partial charge in [-0.3, -0.25) is 0 Å². The Hall–Kier alpha value is -0.320. The molecule has 1 N–H and O–H groups in total. The van der Waals surface area contributed by atoms with E-state index < -0.39 is 6.10 Å². The molecular formula is C15H21Cl2NO2. The van der Waals surface area contributed by atoms with Crippen molar-refractivity contribution in [2.24, 2.45) is 0 Å². The van der Waals surface area contributed by atoms with Gasteiger partial charge in [0.25, 0.3) is 0 Å². The van der Waals surface area contributed by atoms with Gasteiger partial charge in [0.2, 0.25) is 0 Å². The van der Waals surface area contributed by atoms with Gasteiger partial charge in [-0.05, 0) is 31.9 Å². The van der Waals surface area contributed by atoms with E-state index >= 15 is 0 Å². The number of nitrogens with zero attached hydrogens (tertiary/aromatic N) is 1. The Bertz CT molecular complexity index is 434. The first-order valence-electron chi connectivity index (χ1n) is 7.07. The first-order chi connectivity index (χ1) is 9.60. The van der Waals surface area contributed by atoms with E-state index in [9.17, 15) is 5.11 Å². The zero-order valence-corrected chi connectivity index (χ0v) is 13.2. The zero-order valence-electron chi connectivity index (χ0n) is 11.7. The van der Waals surface area contributed by atoms with Crippen molar-refractivity contribution < 1.29 is 9.84 Å². The highest BCUT2D eigenvalue weighted by Crippen LogP contribution is 2.27. The minimum atomic E-state index is -0.580. The molecule has 1 fully saturated rings. The van der Waals surface area contributed by atoms with Crippen LogP contribution in [0.5, 0.6) is 0 Å². The zero-order chi connectivity index (χ0) is 14.5. The molecule has 1 heterocycles. The van der Waals surface area contributed by atoms with Crippen LogP contribution in [0.2, 0.25) is 10.0 Å². The van der Waals surface area contributed by atoms with Crippen LogP contribution in [-0.4, -0.2) is 42.4 Å². The monoisotopic (exact) mass is 317 g/mol. The smallest absolute Gasteiger partial charge is 0.0931 e. The van der Waals surface area contributed by atoms with Crippen LogP contribution < -0.4 is 0 Å². The van der Waals surface area contributed by atoms with Crippen molar-refractivity contribution >= 4 is 23.2 Å². The van der Waals surface area contributed by atoms with Crippen LogP contribution in [-0.2, 0) is 4.74 Å². The molecule has 1 atom stereocenters. The number of piperidine rings is 1. The third-order valence-electron chi connectivity index (χ3n) is 3.69. The lowest BCUT2D eigenvalue weighted by atomic mass is 10.0. The Morgan fingerprint density at radius 1 is 1.35 bits per heavy atom. The summed E-state index contributed by atoms with van der Waals surface area (Å²) in [7, 11) is 0. The summed E-state index contributed by atoms with van der Waals surface area (Å²) in [5.41, 5.74) is 0.739. The number of benzene rings is 1. The van der Waals surface area contributed by atoms with E-state index in [-0.39, 0.29) is 0 Å². The van der Waals surface area contributed by atoms with Crippen LogP contribution in [0.15, 0.2) is 18.2 Å². The van der Waals surface area contributed by atoms with Crippen LogP contribution in [0.4, 0.5) is 0 Å². The number of aliphatic hydroxyl groups is 1. The average molecular weight is 318 g/mol. The van der Waals surface area contributed by atoms with Gasteiger partial charge < -0.3 is 14.7 Å². The second kappa shape index (κ2) is 7.62. The van der Waals surface area contributed by atoms with Gasteiger partial charge in [0.05, 0.1) is 12.2 Å². The average Bonchev–Trinajstić information content (AvgIpc) is 2.41. The molecule has 20 heavy (non-hydrogen) atoms. The molecule has 0 aromatic heterocycles. The lowest BCUT2D eigenvalue weighted by molar-refractivity contribution is 0.00329. The topological polar surface area (TPSA) is 32.7 Å². The molecule has 1 aliphatic rings. The number of hydrogen-bond acceptors (Lipinski definition) is 3. The van der Waals surface area contributed by atoms with Crippen molar-refractivity contribution in [3.63, 3.8) is 0 Å². The predicted octanol–water partition coefficient (Wildman–Crippen LogP) is 3.53. The van der Waals surface area contributed by atoms with Crippen LogP contribution in [0, 0.1) is 0 Å². The Kier molecular flexibility index (Phi) is 6.12. The van der Waals surface area contributed by atoms with Gasteiger partial charge in [-0.1, -0.05) is 29.3 Å². The number of hydrogen-bond donors (Lipinski definition) is 1. The molecule has 1 aromatic rings. The molecule has 1 aliphatic heterocycles. The molecule has 1 saturated heterocycles. The Balaban J connectivity index is 1.87. The van der Waals surface area contributed by atoms with Gasteiger partial charge >= 0.3 is 0 Å². The largest absolute Gasteiger partial charge is 0.387 e. The molecule has 112 valence electrons. The highest BCUT2D eigenvalue weighted by Gasteiger charge is 2.22. The van der Waals surface area contributed by atoms with E-state index in [1.54, 1.807) is 18.2 Å². The summed E-state index contributed by atoms with van der Waals surface area (Å²) in [4.78, 5) is 2.26. The number of halogens is 2. The maximum absolute atomic E-state index is 10.3. The first-order valence-corrected chi connectivity index (χ1v) is 7.82. The third-order valence-corrected chi connectivity index (χ3v) is 4.25. The second-order valence-corrected chi connectivity index (χ2v) is 5.98. The van der Waals surface area contributed by atoms with Crippen LogP contribution in [0.25, 0.3) is 0 Å². The fraction of sp³-hybridized carbons (Fsp3) is 0.600. The van der Waals surface area contributed by atoms with Gasteiger partial charge in [-0.15, -0.1) is 0 Å².